The van der Waals surface area contributed by atoms with E-state index in [-0.39, 0.29) is 24.5 Å². The van der Waals surface area contributed by atoms with Crippen molar-refractivity contribution in [2.24, 2.45) is 5.92 Å². The van der Waals surface area contributed by atoms with E-state index >= 15 is 0 Å². The zero-order chi connectivity index (χ0) is 13.2. The third kappa shape index (κ3) is 2.74. The van der Waals surface area contributed by atoms with Gasteiger partial charge in [0.25, 0.3) is 0 Å². The zero-order valence-electron chi connectivity index (χ0n) is 11.1. The van der Waals surface area contributed by atoms with Crippen molar-refractivity contribution >= 4 is 11.9 Å². The maximum absolute atomic E-state index is 11.7. The lowest BCUT2D eigenvalue weighted by molar-refractivity contribution is -0.127. The predicted octanol–water partition coefficient (Wildman–Crippen LogP) is 0.0391. The van der Waals surface area contributed by atoms with Gasteiger partial charge in [0.1, 0.15) is 0 Å². The number of rotatable bonds is 3. The van der Waals surface area contributed by atoms with Gasteiger partial charge in [-0.1, -0.05) is 0 Å². The first-order valence-corrected chi connectivity index (χ1v) is 7.14. The van der Waals surface area contributed by atoms with Crippen LogP contribution in [-0.2, 0) is 9.53 Å². The average molecular weight is 267 g/mol. The third-order valence-corrected chi connectivity index (χ3v) is 4.34. The van der Waals surface area contributed by atoms with Crippen LogP contribution in [0, 0.1) is 5.92 Å². The maximum atomic E-state index is 11.7. The van der Waals surface area contributed by atoms with Crippen LogP contribution < -0.4 is 5.32 Å². The van der Waals surface area contributed by atoms with Crippen molar-refractivity contribution in [1.29, 1.82) is 0 Å². The molecular formula is C13H21N3O3. The van der Waals surface area contributed by atoms with Crippen molar-refractivity contribution in [3.8, 4) is 0 Å². The number of imide groups is 1. The molecule has 6 heteroatoms. The summed E-state index contributed by atoms with van der Waals surface area (Å²) in [6, 6.07) is -0.126. The molecule has 0 aliphatic carbocycles. The van der Waals surface area contributed by atoms with Gasteiger partial charge >= 0.3 is 6.03 Å². The van der Waals surface area contributed by atoms with Crippen LogP contribution in [0.1, 0.15) is 19.3 Å². The molecule has 6 nitrogen and oxygen atoms in total. The highest BCUT2D eigenvalue weighted by molar-refractivity contribution is 6.02. The topological polar surface area (TPSA) is 61.9 Å². The second kappa shape index (κ2) is 5.46. The number of nitrogens with one attached hydrogen (secondary N) is 1. The van der Waals surface area contributed by atoms with E-state index in [4.69, 9.17) is 4.74 Å². The van der Waals surface area contributed by atoms with E-state index in [1.54, 1.807) is 0 Å². The second-order valence-electron chi connectivity index (χ2n) is 5.68. The molecule has 0 aromatic heterocycles. The Bertz CT molecular complexity index is 344. The van der Waals surface area contributed by atoms with Crippen LogP contribution in [0.2, 0.25) is 0 Å². The average Bonchev–Trinajstić information content (AvgIpc) is 3.02. The third-order valence-electron chi connectivity index (χ3n) is 4.34. The number of ether oxygens (including phenoxy) is 1. The van der Waals surface area contributed by atoms with Crippen LogP contribution >= 0.6 is 0 Å². The van der Waals surface area contributed by atoms with Crippen molar-refractivity contribution in [1.82, 2.24) is 15.1 Å². The molecule has 0 saturated carbocycles. The number of hydrogen-bond donors (Lipinski definition) is 1. The lowest BCUT2D eigenvalue weighted by Crippen LogP contribution is -2.48. The Labute approximate surface area is 113 Å². The number of piperidine rings is 1. The Balaban J connectivity index is 1.49. The number of nitrogens with zero attached hydrogens (tertiary/aromatic N) is 2. The van der Waals surface area contributed by atoms with Crippen molar-refractivity contribution in [3.05, 3.63) is 0 Å². The van der Waals surface area contributed by atoms with E-state index in [0.717, 1.165) is 52.1 Å². The molecule has 3 heterocycles. The minimum Gasteiger partial charge on any atom is -0.381 e. The van der Waals surface area contributed by atoms with Gasteiger partial charge in [0.2, 0.25) is 5.91 Å². The number of hydrogen-bond acceptors (Lipinski definition) is 4. The number of urea groups is 1. The standard InChI is InChI=1S/C13H21N3O3/c17-12-7-14-13(18)16(12)11-1-4-15(5-2-11)8-10-3-6-19-9-10/h10-11H,1-9H2,(H,14,18). The summed E-state index contributed by atoms with van der Waals surface area (Å²) in [5.41, 5.74) is 0. The first-order valence-electron chi connectivity index (χ1n) is 7.14. The van der Waals surface area contributed by atoms with Crippen LogP contribution in [0.5, 0.6) is 0 Å². The summed E-state index contributed by atoms with van der Waals surface area (Å²) in [4.78, 5) is 27.1. The van der Waals surface area contributed by atoms with Crippen LogP contribution in [0.15, 0.2) is 0 Å². The molecule has 3 saturated heterocycles. The molecule has 3 aliphatic rings. The summed E-state index contributed by atoms with van der Waals surface area (Å²) in [6.07, 6.45) is 2.95. The lowest BCUT2D eigenvalue weighted by atomic mass is 10.0. The molecule has 0 aromatic carbocycles. The minimum absolute atomic E-state index is 0.0763. The van der Waals surface area contributed by atoms with Gasteiger partial charge in [-0.15, -0.1) is 0 Å². The van der Waals surface area contributed by atoms with Gasteiger partial charge in [0.15, 0.2) is 0 Å². The molecule has 19 heavy (non-hydrogen) atoms. The summed E-state index contributed by atoms with van der Waals surface area (Å²) in [7, 11) is 0. The van der Waals surface area contributed by atoms with Gasteiger partial charge in [-0.2, -0.15) is 0 Å². The highest BCUT2D eigenvalue weighted by atomic mass is 16.5. The van der Waals surface area contributed by atoms with Gasteiger partial charge in [-0.05, 0) is 25.2 Å². The normalized spacial score (nSPS) is 30.1. The maximum Gasteiger partial charge on any atom is 0.324 e. The molecule has 3 amide bonds. The monoisotopic (exact) mass is 267 g/mol. The van der Waals surface area contributed by atoms with Gasteiger partial charge in [-0.25, -0.2) is 4.79 Å². The van der Waals surface area contributed by atoms with E-state index in [2.05, 4.69) is 10.2 Å². The summed E-state index contributed by atoms with van der Waals surface area (Å²) in [5, 5.41) is 2.59. The highest BCUT2D eigenvalue weighted by Gasteiger charge is 2.36. The van der Waals surface area contributed by atoms with E-state index in [9.17, 15) is 9.59 Å². The molecule has 1 unspecified atom stereocenters. The number of likely N-dealkylation sites (tertiary alicyclic amines) is 1. The van der Waals surface area contributed by atoms with Crippen LogP contribution in [0.4, 0.5) is 4.79 Å². The summed E-state index contributed by atoms with van der Waals surface area (Å²) >= 11 is 0. The first kappa shape index (κ1) is 12.9. The molecule has 1 N–H and O–H groups in total. The highest BCUT2D eigenvalue weighted by Crippen LogP contribution is 2.21. The van der Waals surface area contributed by atoms with E-state index < -0.39 is 0 Å². The second-order valence-corrected chi connectivity index (χ2v) is 5.68. The van der Waals surface area contributed by atoms with E-state index in [1.165, 1.54) is 4.90 Å². The van der Waals surface area contributed by atoms with Gasteiger partial charge in [0, 0.05) is 32.3 Å². The van der Waals surface area contributed by atoms with Crippen molar-refractivity contribution < 1.29 is 14.3 Å². The SMILES string of the molecule is O=C1CNC(=O)N1C1CCN(CC2CCOC2)CC1. The summed E-state index contributed by atoms with van der Waals surface area (Å²) in [6.45, 7) is 4.97. The van der Waals surface area contributed by atoms with Gasteiger partial charge in [0.05, 0.1) is 13.2 Å². The Kier molecular flexibility index (Phi) is 3.70. The van der Waals surface area contributed by atoms with Crippen LogP contribution in [0.3, 0.4) is 0 Å². The quantitative estimate of drug-likeness (QED) is 0.733. The fourth-order valence-electron chi connectivity index (χ4n) is 3.26. The fourth-order valence-corrected chi connectivity index (χ4v) is 3.26. The lowest BCUT2D eigenvalue weighted by Gasteiger charge is -2.36. The Morgan fingerprint density at radius 1 is 1.21 bits per heavy atom. The molecule has 1 atom stereocenters. The zero-order valence-corrected chi connectivity index (χ0v) is 11.1. The fraction of sp³-hybridized carbons (Fsp3) is 0.846. The first-order chi connectivity index (χ1) is 9.24. The van der Waals surface area contributed by atoms with Crippen LogP contribution in [-0.4, -0.2) is 67.2 Å². The molecule has 0 bridgehead atoms. The number of amides is 3. The molecule has 3 fully saturated rings. The van der Waals surface area contributed by atoms with Crippen molar-refractivity contribution in [3.63, 3.8) is 0 Å². The Hall–Kier alpha value is -1.14. The molecule has 0 spiro atoms. The molecule has 0 radical (unpaired) electrons. The minimum atomic E-state index is -0.215. The molecule has 106 valence electrons. The Morgan fingerprint density at radius 3 is 2.58 bits per heavy atom. The largest absolute Gasteiger partial charge is 0.381 e. The number of carbonyl (C=O) groups is 2. The van der Waals surface area contributed by atoms with Crippen molar-refractivity contribution in [2.45, 2.75) is 25.3 Å². The van der Waals surface area contributed by atoms with E-state index in [0.29, 0.717) is 5.92 Å². The molecular weight excluding hydrogens is 246 g/mol. The molecule has 3 rings (SSSR count). The van der Waals surface area contributed by atoms with Crippen LogP contribution in [0.25, 0.3) is 0 Å². The Morgan fingerprint density at radius 2 is 2.00 bits per heavy atom. The summed E-state index contributed by atoms with van der Waals surface area (Å²) in [5.74, 6) is 0.584. The van der Waals surface area contributed by atoms with Crippen molar-refractivity contribution in [2.75, 3.05) is 39.4 Å². The molecule has 0 aromatic rings. The van der Waals surface area contributed by atoms with Gasteiger partial charge in [-0.3, -0.25) is 9.69 Å². The summed E-state index contributed by atoms with van der Waals surface area (Å²) < 4.78 is 5.40. The number of carbonyl (C=O) groups excluding carboxylic acids is 2. The smallest absolute Gasteiger partial charge is 0.324 e. The van der Waals surface area contributed by atoms with E-state index in [1.807, 2.05) is 0 Å². The van der Waals surface area contributed by atoms with Gasteiger partial charge < -0.3 is 15.0 Å². The molecule has 3 aliphatic heterocycles. The predicted molar refractivity (Wildman–Crippen MR) is 68.6 cm³/mol.